The summed E-state index contributed by atoms with van der Waals surface area (Å²) in [5.41, 5.74) is 3.64. The van der Waals surface area contributed by atoms with E-state index in [4.69, 9.17) is 0 Å². The highest BCUT2D eigenvalue weighted by atomic mass is 16.4. The van der Waals surface area contributed by atoms with Crippen LogP contribution < -0.4 is 5.32 Å². The standard InChI is InChI=1S/C22H23NO2/c24-22(25)21-19(18-12-5-2-6-13-18)15-16-23-20(21)14-8-7-11-17-9-3-1-4-10-17/h1-6,9-10,12-13,15-16,19,23H,7-8,11,14H2,(H,24,25). The lowest BCUT2D eigenvalue weighted by Gasteiger charge is -2.23. The lowest BCUT2D eigenvalue weighted by atomic mass is 9.87. The van der Waals surface area contributed by atoms with Gasteiger partial charge in [-0.3, -0.25) is 0 Å². The van der Waals surface area contributed by atoms with Gasteiger partial charge in [0.05, 0.1) is 5.57 Å². The molecule has 0 saturated carbocycles. The van der Waals surface area contributed by atoms with Crippen molar-refractivity contribution in [3.8, 4) is 0 Å². The van der Waals surface area contributed by atoms with E-state index in [-0.39, 0.29) is 5.92 Å². The van der Waals surface area contributed by atoms with Gasteiger partial charge in [0.15, 0.2) is 0 Å². The summed E-state index contributed by atoms with van der Waals surface area (Å²) in [5.74, 6) is -1.03. The molecule has 1 heterocycles. The molecule has 25 heavy (non-hydrogen) atoms. The number of hydrogen-bond donors (Lipinski definition) is 2. The van der Waals surface area contributed by atoms with E-state index in [1.165, 1.54) is 5.56 Å². The number of carboxylic acids is 1. The second kappa shape index (κ2) is 8.34. The summed E-state index contributed by atoms with van der Waals surface area (Å²) in [4.78, 5) is 11.9. The summed E-state index contributed by atoms with van der Waals surface area (Å²) in [6, 6.07) is 20.2. The fourth-order valence-electron chi connectivity index (χ4n) is 3.29. The Morgan fingerprint density at radius 2 is 1.56 bits per heavy atom. The van der Waals surface area contributed by atoms with Crippen molar-refractivity contribution in [2.24, 2.45) is 0 Å². The van der Waals surface area contributed by atoms with E-state index in [0.717, 1.165) is 36.9 Å². The van der Waals surface area contributed by atoms with Crippen LogP contribution in [0.25, 0.3) is 0 Å². The molecule has 1 unspecified atom stereocenters. The highest BCUT2D eigenvalue weighted by Crippen LogP contribution is 2.31. The van der Waals surface area contributed by atoms with Crippen LogP contribution in [0.3, 0.4) is 0 Å². The monoisotopic (exact) mass is 333 g/mol. The Kier molecular flexibility index (Phi) is 5.68. The zero-order valence-corrected chi connectivity index (χ0v) is 14.2. The van der Waals surface area contributed by atoms with E-state index < -0.39 is 5.97 Å². The number of unbranched alkanes of at least 4 members (excludes halogenated alkanes) is 1. The third kappa shape index (κ3) is 4.38. The van der Waals surface area contributed by atoms with Crippen molar-refractivity contribution < 1.29 is 9.90 Å². The smallest absolute Gasteiger partial charge is 0.334 e. The van der Waals surface area contributed by atoms with Gasteiger partial charge in [0.25, 0.3) is 0 Å². The van der Waals surface area contributed by atoms with Crippen LogP contribution in [0.5, 0.6) is 0 Å². The highest BCUT2D eigenvalue weighted by Gasteiger charge is 2.26. The molecule has 0 spiro atoms. The maximum absolute atomic E-state index is 11.9. The largest absolute Gasteiger partial charge is 0.478 e. The number of hydrogen-bond acceptors (Lipinski definition) is 2. The Morgan fingerprint density at radius 3 is 2.24 bits per heavy atom. The molecular formula is C22H23NO2. The Bertz CT molecular complexity index is 763. The molecule has 2 aromatic rings. The Hall–Kier alpha value is -2.81. The molecule has 0 saturated heterocycles. The van der Waals surface area contributed by atoms with Gasteiger partial charge in [0.1, 0.15) is 0 Å². The third-order valence-corrected chi connectivity index (χ3v) is 4.56. The molecule has 2 aromatic carbocycles. The predicted octanol–water partition coefficient (Wildman–Crippen LogP) is 4.64. The maximum Gasteiger partial charge on any atom is 0.334 e. The van der Waals surface area contributed by atoms with E-state index in [2.05, 4.69) is 29.6 Å². The molecule has 0 aromatic heterocycles. The van der Waals surface area contributed by atoms with E-state index in [9.17, 15) is 9.90 Å². The predicted molar refractivity (Wildman–Crippen MR) is 100 cm³/mol. The fourth-order valence-corrected chi connectivity index (χ4v) is 3.29. The van der Waals surface area contributed by atoms with Crippen LogP contribution in [0, 0.1) is 0 Å². The highest BCUT2D eigenvalue weighted by molar-refractivity contribution is 5.90. The van der Waals surface area contributed by atoms with Gasteiger partial charge in [0, 0.05) is 11.6 Å². The van der Waals surface area contributed by atoms with Crippen LogP contribution in [0.4, 0.5) is 0 Å². The van der Waals surface area contributed by atoms with Gasteiger partial charge in [-0.1, -0.05) is 66.7 Å². The van der Waals surface area contributed by atoms with Gasteiger partial charge in [-0.2, -0.15) is 0 Å². The average Bonchev–Trinajstić information content (AvgIpc) is 2.66. The number of allylic oxidation sites excluding steroid dienone is 2. The lowest BCUT2D eigenvalue weighted by molar-refractivity contribution is -0.133. The number of carbonyl (C=O) groups is 1. The number of nitrogens with one attached hydrogen (secondary N) is 1. The van der Waals surface area contributed by atoms with Gasteiger partial charge in [-0.15, -0.1) is 0 Å². The minimum Gasteiger partial charge on any atom is -0.478 e. The van der Waals surface area contributed by atoms with E-state index in [1.807, 2.05) is 48.7 Å². The fraction of sp³-hybridized carbons (Fsp3) is 0.227. The third-order valence-electron chi connectivity index (χ3n) is 4.56. The number of dihydropyridines is 1. The van der Waals surface area contributed by atoms with E-state index in [1.54, 1.807) is 0 Å². The topological polar surface area (TPSA) is 49.3 Å². The molecule has 0 bridgehead atoms. The van der Waals surface area contributed by atoms with Gasteiger partial charge < -0.3 is 10.4 Å². The van der Waals surface area contributed by atoms with Crippen LogP contribution >= 0.6 is 0 Å². The van der Waals surface area contributed by atoms with Crippen molar-refractivity contribution in [1.29, 1.82) is 0 Å². The van der Waals surface area contributed by atoms with Crippen molar-refractivity contribution in [3.05, 3.63) is 95.3 Å². The molecule has 3 nitrogen and oxygen atoms in total. The molecule has 1 atom stereocenters. The second-order valence-electron chi connectivity index (χ2n) is 6.28. The van der Waals surface area contributed by atoms with Gasteiger partial charge in [-0.25, -0.2) is 4.79 Å². The molecule has 0 aliphatic carbocycles. The van der Waals surface area contributed by atoms with Crippen molar-refractivity contribution in [2.45, 2.75) is 31.6 Å². The Morgan fingerprint density at radius 1 is 0.920 bits per heavy atom. The summed E-state index contributed by atoms with van der Waals surface area (Å²) in [5, 5.41) is 12.9. The number of benzene rings is 2. The summed E-state index contributed by atoms with van der Waals surface area (Å²) in [6.07, 6.45) is 7.57. The summed E-state index contributed by atoms with van der Waals surface area (Å²) in [6.45, 7) is 0. The molecule has 3 rings (SSSR count). The first-order chi connectivity index (χ1) is 12.3. The SMILES string of the molecule is O=C(O)C1=C(CCCCc2ccccc2)NC=CC1c1ccccc1. The molecular weight excluding hydrogens is 310 g/mol. The molecule has 1 aliphatic heterocycles. The van der Waals surface area contributed by atoms with Crippen molar-refractivity contribution in [2.75, 3.05) is 0 Å². The van der Waals surface area contributed by atoms with Crippen LogP contribution in [-0.2, 0) is 11.2 Å². The first-order valence-electron chi connectivity index (χ1n) is 8.74. The Balaban J connectivity index is 1.68. The van der Waals surface area contributed by atoms with Crippen LogP contribution in [0.1, 0.15) is 36.3 Å². The van der Waals surface area contributed by atoms with E-state index in [0.29, 0.717) is 5.57 Å². The van der Waals surface area contributed by atoms with Crippen LogP contribution in [-0.4, -0.2) is 11.1 Å². The molecule has 1 aliphatic rings. The zero-order valence-electron chi connectivity index (χ0n) is 14.2. The summed E-state index contributed by atoms with van der Waals surface area (Å²) >= 11 is 0. The van der Waals surface area contributed by atoms with Crippen LogP contribution in [0.15, 0.2) is 84.2 Å². The molecule has 0 fully saturated rings. The second-order valence-corrected chi connectivity index (χ2v) is 6.28. The number of carboxylic acid groups (broad SMARTS) is 1. The first kappa shape index (κ1) is 17.0. The number of rotatable bonds is 7. The average molecular weight is 333 g/mol. The lowest BCUT2D eigenvalue weighted by Crippen LogP contribution is -2.22. The summed E-state index contributed by atoms with van der Waals surface area (Å²) in [7, 11) is 0. The molecule has 128 valence electrons. The zero-order chi connectivity index (χ0) is 17.5. The number of aliphatic carboxylic acids is 1. The quantitative estimate of drug-likeness (QED) is 0.726. The van der Waals surface area contributed by atoms with Crippen molar-refractivity contribution >= 4 is 5.97 Å². The van der Waals surface area contributed by atoms with Crippen molar-refractivity contribution in [1.82, 2.24) is 5.32 Å². The van der Waals surface area contributed by atoms with E-state index >= 15 is 0 Å². The van der Waals surface area contributed by atoms with Crippen LogP contribution in [0.2, 0.25) is 0 Å². The first-order valence-corrected chi connectivity index (χ1v) is 8.74. The minimum absolute atomic E-state index is 0.191. The van der Waals surface area contributed by atoms with Gasteiger partial charge in [0.2, 0.25) is 0 Å². The minimum atomic E-state index is -0.844. The van der Waals surface area contributed by atoms with Gasteiger partial charge >= 0.3 is 5.97 Å². The van der Waals surface area contributed by atoms with Gasteiger partial charge in [-0.05, 0) is 43.0 Å². The molecule has 3 heteroatoms. The summed E-state index contributed by atoms with van der Waals surface area (Å²) < 4.78 is 0. The molecule has 0 amide bonds. The molecule has 0 radical (unpaired) electrons. The van der Waals surface area contributed by atoms with Crippen molar-refractivity contribution in [3.63, 3.8) is 0 Å². The number of aryl methyl sites for hydroxylation is 1. The molecule has 2 N–H and O–H groups in total. The normalized spacial score (nSPS) is 16.6. The Labute approximate surface area is 148 Å². The maximum atomic E-state index is 11.9.